The number of nitrogens with one attached hydrogen (secondary N) is 1. The van der Waals surface area contributed by atoms with Gasteiger partial charge in [-0.25, -0.2) is 0 Å². The van der Waals surface area contributed by atoms with Gasteiger partial charge in [-0.3, -0.25) is 0 Å². The Balaban J connectivity index is 0.00000324. The average Bonchev–Trinajstić information content (AvgIpc) is 2.27. The molecule has 110 valence electrons. The first-order valence-corrected chi connectivity index (χ1v) is 6.51. The summed E-state index contributed by atoms with van der Waals surface area (Å²) in [7, 11) is 0. The predicted octanol–water partition coefficient (Wildman–Crippen LogP) is 2.85. The monoisotopic (exact) mass is 287 g/mol. The molecule has 0 aliphatic rings. The lowest BCUT2D eigenvalue weighted by Gasteiger charge is -2.25. The van der Waals surface area contributed by atoms with E-state index in [0.717, 1.165) is 18.7 Å². The second kappa shape index (κ2) is 8.41. The van der Waals surface area contributed by atoms with E-state index < -0.39 is 0 Å². The van der Waals surface area contributed by atoms with Crippen LogP contribution in [0.2, 0.25) is 0 Å². The lowest BCUT2D eigenvalue weighted by Crippen LogP contribution is -2.42. The van der Waals surface area contributed by atoms with E-state index in [4.69, 9.17) is 9.84 Å². The number of hydrogen-bond acceptors (Lipinski definition) is 3. The molecule has 0 heterocycles. The minimum atomic E-state index is -0.0428. The topological polar surface area (TPSA) is 41.5 Å². The summed E-state index contributed by atoms with van der Waals surface area (Å²) in [4.78, 5) is 0. The molecule has 4 heteroatoms. The first-order valence-electron chi connectivity index (χ1n) is 6.51. The predicted molar refractivity (Wildman–Crippen MR) is 82.4 cm³/mol. The quantitative estimate of drug-likeness (QED) is 0.758. The van der Waals surface area contributed by atoms with Crippen LogP contribution in [0.15, 0.2) is 18.2 Å². The van der Waals surface area contributed by atoms with Gasteiger partial charge in [0.1, 0.15) is 12.4 Å². The molecule has 0 spiro atoms. The number of hydrogen-bond donors (Lipinski definition) is 2. The summed E-state index contributed by atoms with van der Waals surface area (Å²) in [5.74, 6) is 0.985. The van der Waals surface area contributed by atoms with Crippen LogP contribution in [0.3, 0.4) is 0 Å². The Hall–Kier alpha value is -0.770. The fourth-order valence-electron chi connectivity index (χ4n) is 1.94. The van der Waals surface area contributed by atoms with Crippen LogP contribution < -0.4 is 10.1 Å². The molecule has 0 aromatic heterocycles. The normalized spacial score (nSPS) is 11.0. The molecule has 0 fully saturated rings. The van der Waals surface area contributed by atoms with Gasteiger partial charge in [0, 0.05) is 18.7 Å². The Morgan fingerprint density at radius 2 is 1.79 bits per heavy atom. The molecular formula is C15H26ClNO2. The molecule has 1 aromatic rings. The van der Waals surface area contributed by atoms with E-state index >= 15 is 0 Å². The Kier molecular flexibility index (Phi) is 8.07. The summed E-state index contributed by atoms with van der Waals surface area (Å²) in [6, 6.07) is 6.16. The van der Waals surface area contributed by atoms with E-state index in [1.807, 2.05) is 6.07 Å². The molecular weight excluding hydrogens is 262 g/mol. The molecule has 0 saturated heterocycles. The van der Waals surface area contributed by atoms with Crippen LogP contribution in [0.25, 0.3) is 0 Å². The molecule has 0 aliphatic heterocycles. The van der Waals surface area contributed by atoms with E-state index in [0.29, 0.717) is 6.61 Å². The molecule has 1 aromatic carbocycles. The second-order valence-electron chi connectivity index (χ2n) is 5.35. The number of benzene rings is 1. The summed E-state index contributed by atoms with van der Waals surface area (Å²) < 4.78 is 5.82. The molecule has 0 unspecified atom stereocenters. The molecule has 0 atom stereocenters. The Morgan fingerprint density at radius 3 is 2.32 bits per heavy atom. The fraction of sp³-hybridized carbons (Fsp3) is 0.600. The van der Waals surface area contributed by atoms with Gasteiger partial charge in [-0.05, 0) is 45.2 Å². The zero-order valence-corrected chi connectivity index (χ0v) is 13.1. The van der Waals surface area contributed by atoms with Crippen molar-refractivity contribution in [3.63, 3.8) is 0 Å². The molecule has 2 N–H and O–H groups in total. The number of aliphatic hydroxyl groups is 1. The number of aryl methyl sites for hydroxylation is 2. The number of aliphatic hydroxyl groups excluding tert-OH is 1. The van der Waals surface area contributed by atoms with E-state index in [1.165, 1.54) is 11.1 Å². The van der Waals surface area contributed by atoms with Crippen LogP contribution in [-0.2, 0) is 0 Å². The van der Waals surface area contributed by atoms with Gasteiger partial charge >= 0.3 is 0 Å². The van der Waals surface area contributed by atoms with Gasteiger partial charge in [0.05, 0.1) is 0 Å². The SMILES string of the molecule is Cc1cccc(C)c1OCCNC(C)(C)CCO.Cl. The lowest BCUT2D eigenvalue weighted by atomic mass is 10.0. The summed E-state index contributed by atoms with van der Waals surface area (Å²) >= 11 is 0. The smallest absolute Gasteiger partial charge is 0.125 e. The molecule has 1 rings (SSSR count). The third-order valence-electron chi connectivity index (χ3n) is 3.10. The standard InChI is InChI=1S/C15H25NO2.ClH/c1-12-6-5-7-13(2)14(12)18-11-9-16-15(3,4)8-10-17;/h5-7,16-17H,8-11H2,1-4H3;1H. The Bertz CT molecular complexity index is 360. The highest BCUT2D eigenvalue weighted by Gasteiger charge is 2.15. The van der Waals surface area contributed by atoms with Gasteiger partial charge < -0.3 is 15.2 Å². The maximum atomic E-state index is 8.94. The molecule has 0 bridgehead atoms. The number of rotatable bonds is 7. The minimum absolute atomic E-state index is 0. The fourth-order valence-corrected chi connectivity index (χ4v) is 1.94. The van der Waals surface area contributed by atoms with Crippen molar-refractivity contribution in [1.82, 2.24) is 5.32 Å². The average molecular weight is 288 g/mol. The van der Waals surface area contributed by atoms with Crippen molar-refractivity contribution in [3.8, 4) is 5.75 Å². The van der Waals surface area contributed by atoms with Crippen molar-refractivity contribution < 1.29 is 9.84 Å². The summed E-state index contributed by atoms with van der Waals surface area (Å²) in [6.45, 7) is 9.92. The van der Waals surface area contributed by atoms with Crippen molar-refractivity contribution in [1.29, 1.82) is 0 Å². The molecule has 0 amide bonds. The van der Waals surface area contributed by atoms with Gasteiger partial charge in [0.2, 0.25) is 0 Å². The molecule has 3 nitrogen and oxygen atoms in total. The van der Waals surface area contributed by atoms with Crippen LogP contribution in [0.1, 0.15) is 31.4 Å². The highest BCUT2D eigenvalue weighted by molar-refractivity contribution is 5.85. The van der Waals surface area contributed by atoms with E-state index in [-0.39, 0.29) is 24.6 Å². The molecule has 0 aliphatic carbocycles. The zero-order valence-electron chi connectivity index (χ0n) is 12.3. The van der Waals surface area contributed by atoms with Crippen molar-refractivity contribution in [2.24, 2.45) is 0 Å². The molecule has 0 saturated carbocycles. The number of para-hydroxylation sites is 1. The zero-order chi connectivity index (χ0) is 13.6. The molecule has 19 heavy (non-hydrogen) atoms. The maximum Gasteiger partial charge on any atom is 0.125 e. The van der Waals surface area contributed by atoms with Crippen molar-refractivity contribution in [2.45, 2.75) is 39.7 Å². The Labute approximate surface area is 122 Å². The van der Waals surface area contributed by atoms with Gasteiger partial charge in [0.15, 0.2) is 0 Å². The number of halogens is 1. The summed E-state index contributed by atoms with van der Waals surface area (Å²) in [6.07, 6.45) is 0.746. The van der Waals surface area contributed by atoms with Gasteiger partial charge in [-0.15, -0.1) is 12.4 Å². The van der Waals surface area contributed by atoms with E-state index in [1.54, 1.807) is 0 Å². The van der Waals surface area contributed by atoms with Crippen molar-refractivity contribution >= 4 is 12.4 Å². The van der Waals surface area contributed by atoms with E-state index in [9.17, 15) is 0 Å². The van der Waals surface area contributed by atoms with Gasteiger partial charge in [-0.1, -0.05) is 18.2 Å². The first kappa shape index (κ1) is 18.2. The number of ether oxygens (including phenoxy) is 1. The molecule has 0 radical (unpaired) electrons. The van der Waals surface area contributed by atoms with Crippen LogP contribution in [0, 0.1) is 13.8 Å². The first-order chi connectivity index (χ1) is 8.46. The van der Waals surface area contributed by atoms with Gasteiger partial charge in [-0.2, -0.15) is 0 Å². The minimum Gasteiger partial charge on any atom is -0.492 e. The van der Waals surface area contributed by atoms with Crippen molar-refractivity contribution in [3.05, 3.63) is 29.3 Å². The van der Waals surface area contributed by atoms with Crippen LogP contribution in [0.4, 0.5) is 0 Å². The van der Waals surface area contributed by atoms with Gasteiger partial charge in [0.25, 0.3) is 0 Å². The maximum absolute atomic E-state index is 8.94. The summed E-state index contributed by atoms with van der Waals surface area (Å²) in [5.41, 5.74) is 2.30. The highest BCUT2D eigenvalue weighted by atomic mass is 35.5. The van der Waals surface area contributed by atoms with Crippen LogP contribution in [-0.4, -0.2) is 30.4 Å². The Morgan fingerprint density at radius 1 is 1.21 bits per heavy atom. The van der Waals surface area contributed by atoms with Crippen LogP contribution >= 0.6 is 12.4 Å². The lowest BCUT2D eigenvalue weighted by molar-refractivity contribution is 0.219. The highest BCUT2D eigenvalue weighted by Crippen LogP contribution is 2.22. The third-order valence-corrected chi connectivity index (χ3v) is 3.10. The van der Waals surface area contributed by atoms with Crippen molar-refractivity contribution in [2.75, 3.05) is 19.8 Å². The summed E-state index contributed by atoms with van der Waals surface area (Å²) in [5, 5.41) is 12.3. The largest absolute Gasteiger partial charge is 0.492 e. The third kappa shape index (κ3) is 6.28. The second-order valence-corrected chi connectivity index (χ2v) is 5.35. The van der Waals surface area contributed by atoms with E-state index in [2.05, 4.69) is 45.1 Å². The van der Waals surface area contributed by atoms with Crippen LogP contribution in [0.5, 0.6) is 5.75 Å².